The topological polar surface area (TPSA) is 73.8 Å². The van der Waals surface area contributed by atoms with Gasteiger partial charge in [-0.05, 0) is 42.7 Å². The Balaban J connectivity index is 0.00000385. The number of nitrogens with zero attached hydrogens (tertiary/aromatic N) is 2. The molecule has 2 aromatic rings. The molecule has 0 spiro atoms. The highest BCUT2D eigenvalue weighted by Gasteiger charge is 2.22. The number of aliphatic imine (C=N–C) groups is 1. The number of ether oxygens (including phenoxy) is 5. The molecule has 182 valence electrons. The first-order valence-electron chi connectivity index (χ1n) is 10.6. The minimum absolute atomic E-state index is 0. The quantitative estimate of drug-likeness (QED) is 0.293. The first-order chi connectivity index (χ1) is 15.6. The molecule has 0 fully saturated rings. The fourth-order valence-electron chi connectivity index (χ4n) is 3.87. The van der Waals surface area contributed by atoms with Crippen LogP contribution in [0.5, 0.6) is 28.7 Å². The van der Waals surface area contributed by atoms with Gasteiger partial charge in [0.1, 0.15) is 5.75 Å². The van der Waals surface area contributed by atoms with E-state index in [0.717, 1.165) is 49.1 Å². The lowest BCUT2D eigenvalue weighted by Crippen LogP contribution is -2.44. The summed E-state index contributed by atoms with van der Waals surface area (Å²) in [6.07, 6.45) is 0.903. The average molecular weight is 571 g/mol. The van der Waals surface area contributed by atoms with Crippen LogP contribution in [0.3, 0.4) is 0 Å². The van der Waals surface area contributed by atoms with Crippen molar-refractivity contribution in [2.75, 3.05) is 48.6 Å². The molecule has 0 radical (unpaired) electrons. The highest BCUT2D eigenvalue weighted by molar-refractivity contribution is 14.0. The van der Waals surface area contributed by atoms with Crippen molar-refractivity contribution in [3.8, 4) is 28.7 Å². The average Bonchev–Trinajstić information content (AvgIpc) is 2.84. The molecular formula is C24H34IN3O5. The van der Waals surface area contributed by atoms with E-state index in [-0.39, 0.29) is 24.0 Å². The summed E-state index contributed by atoms with van der Waals surface area (Å²) in [6.45, 7) is 4.89. The van der Waals surface area contributed by atoms with Crippen LogP contribution in [-0.4, -0.2) is 59.5 Å². The molecule has 1 N–H and O–H groups in total. The van der Waals surface area contributed by atoms with Gasteiger partial charge in [0, 0.05) is 31.3 Å². The van der Waals surface area contributed by atoms with Gasteiger partial charge < -0.3 is 33.9 Å². The number of methoxy groups -OCH3 is 5. The summed E-state index contributed by atoms with van der Waals surface area (Å²) in [5.41, 5.74) is 3.41. The van der Waals surface area contributed by atoms with E-state index in [0.29, 0.717) is 23.8 Å². The first kappa shape index (κ1) is 26.7. The second kappa shape index (κ2) is 12.6. The van der Waals surface area contributed by atoms with Gasteiger partial charge >= 0.3 is 0 Å². The van der Waals surface area contributed by atoms with Crippen LogP contribution in [0.25, 0.3) is 0 Å². The lowest BCUT2D eigenvalue weighted by atomic mass is 9.99. The standard InChI is InChI=1S/C24H33N3O5.HI/c1-7-25-24(26-14-17-11-21(30-4)23(32-6)13-19(17)28-2)27-9-8-16-10-20(29-3)22(31-5)12-18(16)15-27;/h10-13H,7-9,14-15H2,1-6H3,(H,25,26);1H. The molecular weight excluding hydrogens is 537 g/mol. The van der Waals surface area contributed by atoms with Crippen molar-refractivity contribution in [3.05, 3.63) is 41.0 Å². The lowest BCUT2D eigenvalue weighted by molar-refractivity contribution is 0.345. The molecule has 1 heterocycles. The third-order valence-corrected chi connectivity index (χ3v) is 5.54. The van der Waals surface area contributed by atoms with Crippen molar-refractivity contribution in [3.63, 3.8) is 0 Å². The van der Waals surface area contributed by atoms with Crippen LogP contribution >= 0.6 is 24.0 Å². The summed E-state index contributed by atoms with van der Waals surface area (Å²) in [4.78, 5) is 7.15. The largest absolute Gasteiger partial charge is 0.496 e. The molecule has 1 aliphatic rings. The summed E-state index contributed by atoms with van der Waals surface area (Å²) >= 11 is 0. The van der Waals surface area contributed by atoms with Crippen LogP contribution in [0.2, 0.25) is 0 Å². The molecule has 9 heteroatoms. The zero-order valence-corrected chi connectivity index (χ0v) is 22.5. The Kier molecular flexibility index (Phi) is 10.2. The highest BCUT2D eigenvalue weighted by atomic mass is 127. The molecule has 33 heavy (non-hydrogen) atoms. The predicted octanol–water partition coefficient (Wildman–Crippen LogP) is 3.87. The van der Waals surface area contributed by atoms with Gasteiger partial charge in [0.2, 0.25) is 0 Å². The monoisotopic (exact) mass is 571 g/mol. The van der Waals surface area contributed by atoms with Gasteiger partial charge in [-0.2, -0.15) is 0 Å². The molecule has 3 rings (SSSR count). The normalized spacial score (nSPS) is 12.9. The highest BCUT2D eigenvalue weighted by Crippen LogP contribution is 2.35. The van der Waals surface area contributed by atoms with E-state index in [1.807, 2.05) is 12.1 Å². The number of nitrogens with one attached hydrogen (secondary N) is 1. The van der Waals surface area contributed by atoms with Gasteiger partial charge in [0.25, 0.3) is 0 Å². The summed E-state index contributed by atoms with van der Waals surface area (Å²) < 4.78 is 27.3. The van der Waals surface area contributed by atoms with Crippen LogP contribution in [-0.2, 0) is 19.5 Å². The number of guanidine groups is 1. The Bertz CT molecular complexity index is 968. The van der Waals surface area contributed by atoms with Crippen molar-refractivity contribution < 1.29 is 23.7 Å². The van der Waals surface area contributed by atoms with Crippen LogP contribution < -0.4 is 29.0 Å². The summed E-state index contributed by atoms with van der Waals surface area (Å²) in [5, 5.41) is 3.42. The van der Waals surface area contributed by atoms with Gasteiger partial charge in [-0.1, -0.05) is 0 Å². The Morgan fingerprint density at radius 3 is 1.94 bits per heavy atom. The lowest BCUT2D eigenvalue weighted by Gasteiger charge is -2.32. The van der Waals surface area contributed by atoms with E-state index in [2.05, 4.69) is 29.3 Å². The molecule has 0 unspecified atom stereocenters. The predicted molar refractivity (Wildman–Crippen MR) is 140 cm³/mol. The van der Waals surface area contributed by atoms with E-state index in [1.165, 1.54) is 11.1 Å². The molecule has 0 saturated heterocycles. The van der Waals surface area contributed by atoms with E-state index in [4.69, 9.17) is 28.7 Å². The summed E-state index contributed by atoms with van der Waals surface area (Å²) in [6, 6.07) is 7.87. The van der Waals surface area contributed by atoms with Crippen molar-refractivity contribution in [1.82, 2.24) is 10.2 Å². The van der Waals surface area contributed by atoms with Crippen molar-refractivity contribution >= 4 is 29.9 Å². The van der Waals surface area contributed by atoms with Gasteiger partial charge in [0.05, 0.1) is 42.1 Å². The third-order valence-electron chi connectivity index (χ3n) is 5.54. The Hall–Kier alpha value is -2.56. The number of rotatable bonds is 8. The van der Waals surface area contributed by atoms with Crippen LogP contribution in [0.4, 0.5) is 0 Å². The SMILES string of the molecule is CCNC(=NCc1cc(OC)c(OC)cc1OC)N1CCc2cc(OC)c(OC)cc2C1.I. The van der Waals surface area contributed by atoms with Crippen molar-refractivity contribution in [2.24, 2.45) is 4.99 Å². The number of halogens is 1. The molecule has 0 aliphatic carbocycles. The smallest absolute Gasteiger partial charge is 0.194 e. The fourth-order valence-corrected chi connectivity index (χ4v) is 3.87. The molecule has 0 aromatic heterocycles. The van der Waals surface area contributed by atoms with E-state index in [9.17, 15) is 0 Å². The second-order valence-electron chi connectivity index (χ2n) is 7.34. The molecule has 0 atom stereocenters. The molecule has 2 aromatic carbocycles. The molecule has 1 aliphatic heterocycles. The second-order valence-corrected chi connectivity index (χ2v) is 7.34. The van der Waals surface area contributed by atoms with Crippen LogP contribution in [0.15, 0.2) is 29.3 Å². The zero-order chi connectivity index (χ0) is 23.1. The van der Waals surface area contributed by atoms with Crippen LogP contribution in [0.1, 0.15) is 23.6 Å². The zero-order valence-electron chi connectivity index (χ0n) is 20.2. The van der Waals surface area contributed by atoms with Gasteiger partial charge in [-0.15, -0.1) is 24.0 Å². The fraction of sp³-hybridized carbons (Fsp3) is 0.458. The number of hydrogen-bond acceptors (Lipinski definition) is 6. The molecule has 8 nitrogen and oxygen atoms in total. The molecule has 0 saturated carbocycles. The van der Waals surface area contributed by atoms with E-state index < -0.39 is 0 Å². The maximum Gasteiger partial charge on any atom is 0.194 e. The molecule has 0 bridgehead atoms. The van der Waals surface area contributed by atoms with Crippen molar-refractivity contribution in [1.29, 1.82) is 0 Å². The van der Waals surface area contributed by atoms with E-state index >= 15 is 0 Å². The Morgan fingerprint density at radius 2 is 1.36 bits per heavy atom. The van der Waals surface area contributed by atoms with E-state index in [1.54, 1.807) is 35.5 Å². The van der Waals surface area contributed by atoms with Gasteiger partial charge in [-0.3, -0.25) is 0 Å². The number of benzene rings is 2. The Morgan fingerprint density at radius 1 is 0.818 bits per heavy atom. The minimum Gasteiger partial charge on any atom is -0.496 e. The third kappa shape index (κ3) is 6.07. The first-order valence-corrected chi connectivity index (χ1v) is 10.6. The summed E-state index contributed by atoms with van der Waals surface area (Å²) in [7, 11) is 8.20. The number of hydrogen-bond donors (Lipinski definition) is 1. The minimum atomic E-state index is 0. The van der Waals surface area contributed by atoms with Gasteiger partial charge in [-0.25, -0.2) is 4.99 Å². The number of fused-ring (bicyclic) bond motifs is 1. The van der Waals surface area contributed by atoms with Gasteiger partial charge in [0.15, 0.2) is 29.0 Å². The summed E-state index contributed by atoms with van der Waals surface area (Å²) in [5.74, 6) is 4.34. The Labute approximate surface area is 213 Å². The maximum absolute atomic E-state index is 5.55. The van der Waals surface area contributed by atoms with Crippen molar-refractivity contribution in [2.45, 2.75) is 26.4 Å². The maximum atomic E-state index is 5.55. The molecule has 0 amide bonds. The van der Waals surface area contributed by atoms with Crippen LogP contribution in [0, 0.1) is 0 Å².